The number of rotatable bonds is 67. The SMILES string of the molecule is CC/C=C\C/C=C\C/C=C\C/C=C\C/C=C\C/C=C\CCCCCCCCCCCCCCCCCCCCC(=O)NC(COP(=O)([O-])OCC[N+](C)(C)C)C(O)/C=C/CCCCCCCCCCCCCCCCCCCCCCCCCC. The number of allylic oxidation sites excluding steroid dienone is 13. The smallest absolute Gasteiger partial charge is 0.268 e. The number of phosphoric ester groups is 1. The first-order chi connectivity index (χ1) is 41.5. The van der Waals surface area contributed by atoms with Gasteiger partial charge in [0.25, 0.3) is 7.82 Å². The van der Waals surface area contributed by atoms with Crippen LogP contribution < -0.4 is 10.2 Å². The van der Waals surface area contributed by atoms with Crippen molar-refractivity contribution in [1.29, 1.82) is 0 Å². The van der Waals surface area contributed by atoms with Gasteiger partial charge in [-0.2, -0.15) is 0 Å². The average molecular weight is 1210 g/mol. The summed E-state index contributed by atoms with van der Waals surface area (Å²) in [5.41, 5.74) is 0. The second-order valence-electron chi connectivity index (χ2n) is 25.9. The number of quaternary nitrogens is 1. The van der Waals surface area contributed by atoms with Crippen LogP contribution in [-0.2, 0) is 18.4 Å². The van der Waals surface area contributed by atoms with Crippen LogP contribution in [0.25, 0.3) is 0 Å². The number of carbonyl (C=O) groups is 1. The number of likely N-dealkylation sites (N-methyl/N-ethyl adjacent to an activating group) is 1. The van der Waals surface area contributed by atoms with Gasteiger partial charge in [-0.1, -0.05) is 349 Å². The first-order valence-electron chi connectivity index (χ1n) is 36.4. The van der Waals surface area contributed by atoms with Gasteiger partial charge in [0.2, 0.25) is 5.91 Å². The fourth-order valence-electron chi connectivity index (χ4n) is 10.7. The van der Waals surface area contributed by atoms with E-state index in [0.717, 1.165) is 77.0 Å². The van der Waals surface area contributed by atoms with Gasteiger partial charge in [0.1, 0.15) is 13.2 Å². The fourth-order valence-corrected chi connectivity index (χ4v) is 11.5. The Bertz CT molecular complexity index is 1660. The summed E-state index contributed by atoms with van der Waals surface area (Å²) in [6.07, 6.45) is 94.2. The Hall–Kier alpha value is -2.32. The van der Waals surface area contributed by atoms with E-state index in [0.29, 0.717) is 17.4 Å². The van der Waals surface area contributed by atoms with Gasteiger partial charge in [-0.25, -0.2) is 0 Å². The molecule has 0 aromatic heterocycles. The van der Waals surface area contributed by atoms with E-state index in [1.54, 1.807) is 6.08 Å². The molecule has 8 nitrogen and oxygen atoms in total. The summed E-state index contributed by atoms with van der Waals surface area (Å²) >= 11 is 0. The number of carbonyl (C=O) groups excluding carboxylic acids is 1. The molecule has 0 saturated heterocycles. The molecule has 0 fully saturated rings. The predicted octanol–water partition coefficient (Wildman–Crippen LogP) is 22.9. The minimum Gasteiger partial charge on any atom is -0.756 e. The van der Waals surface area contributed by atoms with E-state index in [4.69, 9.17) is 9.05 Å². The van der Waals surface area contributed by atoms with Gasteiger partial charge in [0, 0.05) is 6.42 Å². The Morgan fingerprint density at radius 1 is 0.424 bits per heavy atom. The summed E-state index contributed by atoms with van der Waals surface area (Å²) in [7, 11) is 1.27. The molecular weight excluding hydrogens is 1070 g/mol. The summed E-state index contributed by atoms with van der Waals surface area (Å²) in [5, 5.41) is 14.0. The van der Waals surface area contributed by atoms with Crippen molar-refractivity contribution in [2.24, 2.45) is 0 Å². The van der Waals surface area contributed by atoms with E-state index in [-0.39, 0.29) is 19.1 Å². The number of hydrogen-bond donors (Lipinski definition) is 2. The van der Waals surface area contributed by atoms with E-state index >= 15 is 0 Å². The van der Waals surface area contributed by atoms with Crippen LogP contribution in [0.4, 0.5) is 0 Å². The molecule has 0 aliphatic heterocycles. The zero-order valence-electron chi connectivity index (χ0n) is 56.8. The highest BCUT2D eigenvalue weighted by Crippen LogP contribution is 2.38. The molecule has 3 atom stereocenters. The molecular formula is C76H141N2O6P. The summed E-state index contributed by atoms with van der Waals surface area (Å²) in [6.45, 7) is 4.58. The molecule has 0 spiro atoms. The lowest BCUT2D eigenvalue weighted by atomic mass is 10.0. The van der Waals surface area contributed by atoms with Gasteiger partial charge in [-0.3, -0.25) is 9.36 Å². The van der Waals surface area contributed by atoms with E-state index in [1.807, 2.05) is 27.2 Å². The molecule has 0 saturated carbocycles. The molecule has 0 aliphatic carbocycles. The molecule has 1 amide bonds. The number of hydrogen-bond acceptors (Lipinski definition) is 6. The lowest BCUT2D eigenvalue weighted by Gasteiger charge is -2.29. The third kappa shape index (κ3) is 69.0. The minimum absolute atomic E-state index is 0.00156. The van der Waals surface area contributed by atoms with Crippen molar-refractivity contribution in [2.45, 2.75) is 353 Å². The predicted molar refractivity (Wildman–Crippen MR) is 371 cm³/mol. The van der Waals surface area contributed by atoms with E-state index in [1.165, 1.54) is 244 Å². The van der Waals surface area contributed by atoms with Crippen molar-refractivity contribution >= 4 is 13.7 Å². The third-order valence-corrected chi connectivity index (χ3v) is 17.3. The molecule has 0 rings (SSSR count). The van der Waals surface area contributed by atoms with Crippen molar-refractivity contribution in [3.63, 3.8) is 0 Å². The zero-order chi connectivity index (χ0) is 61.9. The van der Waals surface area contributed by atoms with Crippen molar-refractivity contribution in [2.75, 3.05) is 40.9 Å². The van der Waals surface area contributed by atoms with Gasteiger partial charge < -0.3 is 28.8 Å². The summed E-state index contributed by atoms with van der Waals surface area (Å²) in [5.74, 6) is -0.193. The van der Waals surface area contributed by atoms with Crippen LogP contribution >= 0.6 is 7.82 Å². The fraction of sp³-hybridized carbons (Fsp3) is 0.803. The monoisotopic (exact) mass is 1210 g/mol. The largest absolute Gasteiger partial charge is 0.756 e. The van der Waals surface area contributed by atoms with Crippen LogP contribution in [0.5, 0.6) is 0 Å². The maximum atomic E-state index is 13.1. The molecule has 0 heterocycles. The summed E-state index contributed by atoms with van der Waals surface area (Å²) in [4.78, 5) is 25.7. The average Bonchev–Trinajstić information content (AvgIpc) is 3.49. The van der Waals surface area contributed by atoms with Crippen LogP contribution in [0, 0.1) is 0 Å². The first-order valence-corrected chi connectivity index (χ1v) is 37.9. The second-order valence-corrected chi connectivity index (χ2v) is 27.3. The number of amides is 1. The third-order valence-electron chi connectivity index (χ3n) is 16.4. The zero-order valence-corrected chi connectivity index (χ0v) is 57.7. The van der Waals surface area contributed by atoms with Gasteiger partial charge >= 0.3 is 0 Å². The first kappa shape index (κ1) is 82.7. The highest BCUT2D eigenvalue weighted by molar-refractivity contribution is 7.45. The summed E-state index contributed by atoms with van der Waals surface area (Å²) in [6, 6.07) is -0.891. The van der Waals surface area contributed by atoms with Crippen LogP contribution in [-0.4, -0.2) is 68.5 Å². The van der Waals surface area contributed by atoms with E-state index in [2.05, 4.69) is 92.1 Å². The van der Waals surface area contributed by atoms with Crippen molar-refractivity contribution in [1.82, 2.24) is 5.32 Å². The Kier molecular flexibility index (Phi) is 64.3. The molecule has 0 aliphatic rings. The van der Waals surface area contributed by atoms with Crippen molar-refractivity contribution in [3.05, 3.63) is 85.1 Å². The van der Waals surface area contributed by atoms with Crippen molar-refractivity contribution < 1.29 is 32.9 Å². The van der Waals surface area contributed by atoms with Gasteiger partial charge in [0.05, 0.1) is 39.9 Å². The Morgan fingerprint density at radius 3 is 1.05 bits per heavy atom. The summed E-state index contributed by atoms with van der Waals surface area (Å²) < 4.78 is 23.5. The normalized spacial score (nSPS) is 14.1. The molecule has 9 heteroatoms. The standard InChI is InChI=1S/C76H141N2O6P/c1-6-8-10-12-14-16-18-20-22-24-26-28-30-32-34-35-36-37-38-39-40-41-42-43-44-46-48-50-52-54-56-58-60-62-64-66-68-70-76(80)77-74(73-84-85(81,82)83-72-71-78(3,4)5)75(79)69-67-65-63-61-59-57-55-53-51-49-47-45-33-31-29-27-25-23-21-19-17-15-13-11-9-7-2/h8,10,14,16,20,22,26,28,32,34,36-37,67,69,74-75,79H,6-7,9,11-13,15,17-19,21,23-25,27,29-31,33,35,38-66,68,70-73H2,1-5H3,(H-,77,80,81,82)/b10-8-,16-14-,22-20-,28-26-,34-32-,37-36-,69-67+. The van der Waals surface area contributed by atoms with Crippen molar-refractivity contribution in [3.8, 4) is 0 Å². The topological polar surface area (TPSA) is 108 Å². The van der Waals surface area contributed by atoms with Crippen LogP contribution in [0.3, 0.4) is 0 Å². The molecule has 85 heavy (non-hydrogen) atoms. The highest BCUT2D eigenvalue weighted by atomic mass is 31.2. The quantitative estimate of drug-likeness (QED) is 0.0272. The maximum Gasteiger partial charge on any atom is 0.268 e. The van der Waals surface area contributed by atoms with Crippen LogP contribution in [0.15, 0.2) is 85.1 Å². The molecule has 3 unspecified atom stereocenters. The number of nitrogens with one attached hydrogen (secondary N) is 1. The van der Waals surface area contributed by atoms with Gasteiger partial charge in [-0.05, 0) is 70.6 Å². The minimum atomic E-state index is -4.61. The number of aliphatic hydroxyl groups excluding tert-OH is 1. The van der Waals surface area contributed by atoms with E-state index < -0.39 is 20.0 Å². The molecule has 2 N–H and O–H groups in total. The lowest BCUT2D eigenvalue weighted by Crippen LogP contribution is -2.45. The molecule has 0 aromatic carbocycles. The molecule has 0 bridgehead atoms. The Morgan fingerprint density at radius 2 is 0.718 bits per heavy atom. The van der Waals surface area contributed by atoms with Crippen LogP contribution in [0.1, 0.15) is 341 Å². The number of unbranched alkanes of at least 4 members (excludes halogenated alkanes) is 42. The number of phosphoric acid groups is 1. The maximum absolute atomic E-state index is 13.1. The number of nitrogens with zero attached hydrogens (tertiary/aromatic N) is 1. The lowest BCUT2D eigenvalue weighted by molar-refractivity contribution is -0.870. The Labute approximate surface area is 528 Å². The molecule has 0 radical (unpaired) electrons. The van der Waals surface area contributed by atoms with Crippen LogP contribution in [0.2, 0.25) is 0 Å². The second kappa shape index (κ2) is 66.1. The van der Waals surface area contributed by atoms with Gasteiger partial charge in [0.15, 0.2) is 0 Å². The van der Waals surface area contributed by atoms with Gasteiger partial charge in [-0.15, -0.1) is 0 Å². The molecule has 0 aromatic rings. The number of aliphatic hydroxyl groups is 1. The molecule has 496 valence electrons. The van der Waals surface area contributed by atoms with E-state index in [9.17, 15) is 19.4 Å². The highest BCUT2D eigenvalue weighted by Gasteiger charge is 2.23. The Balaban J connectivity index is 4.02.